The van der Waals surface area contributed by atoms with Crippen molar-refractivity contribution in [2.24, 2.45) is 5.16 Å². The molecule has 1 rings (SSSR count). The summed E-state index contributed by atoms with van der Waals surface area (Å²) < 4.78 is 16.6. The van der Waals surface area contributed by atoms with E-state index in [4.69, 9.17) is 88.7 Å². The highest BCUT2D eigenvalue weighted by atomic mass is 35.5. The van der Waals surface area contributed by atoms with Crippen molar-refractivity contribution >= 4 is 75.8 Å². The third-order valence-electron chi connectivity index (χ3n) is 2.79. The Labute approximate surface area is 193 Å². The van der Waals surface area contributed by atoms with Crippen LogP contribution in [-0.2, 0) is 9.57 Å². The molecule has 156 valence electrons. The Morgan fingerprint density at radius 1 is 0.857 bits per heavy atom. The molecular formula is C17H17Cl6NO4. The predicted octanol–water partition coefficient (Wildman–Crippen LogP) is 6.80. The van der Waals surface area contributed by atoms with E-state index in [1.807, 2.05) is 0 Å². The Morgan fingerprint density at radius 3 is 2.14 bits per heavy atom. The molecule has 0 N–H and O–H groups in total. The van der Waals surface area contributed by atoms with Crippen LogP contribution in [0.2, 0.25) is 10.0 Å². The Balaban J connectivity index is 2.25. The first kappa shape index (κ1) is 25.5. The average molecular weight is 512 g/mol. The highest BCUT2D eigenvalue weighted by Crippen LogP contribution is 2.37. The molecule has 0 radical (unpaired) electrons. The van der Waals surface area contributed by atoms with E-state index in [1.54, 1.807) is 12.1 Å². The van der Waals surface area contributed by atoms with Crippen molar-refractivity contribution in [2.75, 3.05) is 33.0 Å². The van der Waals surface area contributed by atoms with Gasteiger partial charge >= 0.3 is 0 Å². The van der Waals surface area contributed by atoms with Crippen molar-refractivity contribution in [3.05, 3.63) is 43.3 Å². The second-order valence-corrected chi connectivity index (χ2v) is 7.71. The zero-order valence-electron chi connectivity index (χ0n) is 14.5. The molecule has 11 heteroatoms. The molecule has 0 bridgehead atoms. The van der Waals surface area contributed by atoms with E-state index in [-0.39, 0.29) is 22.2 Å². The van der Waals surface area contributed by atoms with E-state index in [0.29, 0.717) is 47.8 Å². The first-order valence-electron chi connectivity index (χ1n) is 7.88. The summed E-state index contributed by atoms with van der Waals surface area (Å²) in [5.41, 5.74) is 0. The second kappa shape index (κ2) is 15.3. The van der Waals surface area contributed by atoms with Crippen molar-refractivity contribution in [1.82, 2.24) is 0 Å². The fraction of sp³-hybridized carbons (Fsp3) is 0.353. The van der Waals surface area contributed by atoms with Crippen LogP contribution < -0.4 is 9.47 Å². The van der Waals surface area contributed by atoms with Crippen LogP contribution in [0.3, 0.4) is 0 Å². The summed E-state index contributed by atoms with van der Waals surface area (Å²) in [6.45, 7) is 1.51. The van der Waals surface area contributed by atoms with Gasteiger partial charge in [0.25, 0.3) is 0 Å². The lowest BCUT2D eigenvalue weighted by molar-refractivity contribution is 0.144. The lowest BCUT2D eigenvalue weighted by Crippen LogP contribution is -2.05. The van der Waals surface area contributed by atoms with Crippen LogP contribution >= 0.6 is 69.6 Å². The van der Waals surface area contributed by atoms with Crippen LogP contribution in [0.15, 0.2) is 38.4 Å². The van der Waals surface area contributed by atoms with Crippen LogP contribution in [0.25, 0.3) is 0 Å². The van der Waals surface area contributed by atoms with E-state index in [1.165, 1.54) is 18.4 Å². The molecule has 5 nitrogen and oxygen atoms in total. The smallest absolute Gasteiger partial charge is 0.156 e. The fourth-order valence-electron chi connectivity index (χ4n) is 1.66. The second-order valence-electron chi connectivity index (χ2n) is 4.88. The minimum absolute atomic E-state index is 0.117. The molecule has 0 heterocycles. The molecular weight excluding hydrogens is 495 g/mol. The van der Waals surface area contributed by atoms with Crippen LogP contribution in [0.1, 0.15) is 6.42 Å². The number of hydrogen-bond acceptors (Lipinski definition) is 5. The van der Waals surface area contributed by atoms with Crippen molar-refractivity contribution in [3.8, 4) is 11.5 Å². The topological polar surface area (TPSA) is 49.3 Å². The molecule has 0 amide bonds. The number of hydrogen-bond donors (Lipinski definition) is 0. The molecule has 1 aromatic carbocycles. The van der Waals surface area contributed by atoms with Crippen molar-refractivity contribution in [3.63, 3.8) is 0 Å². The number of nitrogens with zero attached hydrogens (tertiary/aromatic N) is 1. The first-order chi connectivity index (χ1) is 13.4. The van der Waals surface area contributed by atoms with Gasteiger partial charge in [-0.25, -0.2) is 0 Å². The summed E-state index contributed by atoms with van der Waals surface area (Å²) in [5.74, 6) is 0.851. The SMILES string of the molecule is ClC(Cl)=CCON=CCOCCCOc1c(Cl)cc(OCC=C(Cl)Cl)cc1Cl. The highest BCUT2D eigenvalue weighted by molar-refractivity contribution is 6.56. The fourth-order valence-corrected chi connectivity index (χ4v) is 2.48. The summed E-state index contributed by atoms with van der Waals surface area (Å²) in [5, 5.41) is 4.33. The Hall–Kier alpha value is -0.530. The molecule has 0 aliphatic heterocycles. The molecule has 28 heavy (non-hydrogen) atoms. The standard InChI is InChI=1S/C17H17Cl6NO4/c18-13-10-12(26-7-2-15(20)21)11-14(19)17(13)27-6-1-5-25-9-4-24-28-8-3-16(22)23/h2-4,10-11H,1,5-9H2. The number of benzene rings is 1. The molecule has 0 unspecified atom stereocenters. The molecule has 0 saturated carbocycles. The number of oxime groups is 1. The zero-order chi connectivity index (χ0) is 20.8. The largest absolute Gasteiger partial charge is 0.490 e. The predicted molar refractivity (Wildman–Crippen MR) is 117 cm³/mol. The van der Waals surface area contributed by atoms with Gasteiger partial charge in [0.05, 0.1) is 36.1 Å². The number of rotatable bonds is 13. The zero-order valence-corrected chi connectivity index (χ0v) is 19.0. The summed E-state index contributed by atoms with van der Waals surface area (Å²) in [7, 11) is 0. The molecule has 0 aliphatic rings. The van der Waals surface area contributed by atoms with Crippen LogP contribution in [0.4, 0.5) is 0 Å². The number of halogens is 6. The van der Waals surface area contributed by atoms with Crippen LogP contribution in [-0.4, -0.2) is 39.2 Å². The molecule has 0 spiro atoms. The summed E-state index contributed by atoms with van der Waals surface area (Å²) in [6, 6.07) is 3.19. The van der Waals surface area contributed by atoms with Gasteiger partial charge in [0.1, 0.15) is 27.9 Å². The third-order valence-corrected chi connectivity index (χ3v) is 3.97. The van der Waals surface area contributed by atoms with Gasteiger partial charge in [-0.1, -0.05) is 74.8 Å². The maximum atomic E-state index is 6.18. The molecule has 0 saturated heterocycles. The maximum absolute atomic E-state index is 6.18. The quantitative estimate of drug-likeness (QED) is 0.166. The normalized spacial score (nSPS) is 10.6. The van der Waals surface area contributed by atoms with E-state index in [0.717, 1.165) is 0 Å². The molecule has 0 aromatic heterocycles. The lowest BCUT2D eigenvalue weighted by Gasteiger charge is -2.12. The highest BCUT2D eigenvalue weighted by Gasteiger charge is 2.10. The molecule has 0 atom stereocenters. The molecule has 1 aromatic rings. The monoisotopic (exact) mass is 509 g/mol. The van der Waals surface area contributed by atoms with E-state index >= 15 is 0 Å². The Bertz CT molecular complexity index is 665. The summed E-state index contributed by atoms with van der Waals surface area (Å²) in [4.78, 5) is 4.87. The average Bonchev–Trinajstić information content (AvgIpc) is 2.61. The summed E-state index contributed by atoms with van der Waals surface area (Å²) >= 11 is 34.2. The first-order valence-corrected chi connectivity index (χ1v) is 10.2. The number of ether oxygens (including phenoxy) is 3. The minimum Gasteiger partial charge on any atom is -0.490 e. The molecule has 0 fully saturated rings. The van der Waals surface area contributed by atoms with Gasteiger partial charge in [-0.05, 0) is 12.2 Å². The van der Waals surface area contributed by atoms with Crippen LogP contribution in [0.5, 0.6) is 11.5 Å². The van der Waals surface area contributed by atoms with E-state index in [9.17, 15) is 0 Å². The van der Waals surface area contributed by atoms with Gasteiger partial charge in [-0.2, -0.15) is 0 Å². The minimum atomic E-state index is 0.117. The van der Waals surface area contributed by atoms with Crippen molar-refractivity contribution < 1.29 is 19.0 Å². The van der Waals surface area contributed by atoms with Gasteiger partial charge in [0, 0.05) is 18.6 Å². The lowest BCUT2D eigenvalue weighted by atomic mass is 10.3. The maximum Gasteiger partial charge on any atom is 0.156 e. The van der Waals surface area contributed by atoms with E-state index < -0.39 is 0 Å². The van der Waals surface area contributed by atoms with E-state index in [2.05, 4.69) is 5.16 Å². The van der Waals surface area contributed by atoms with Crippen molar-refractivity contribution in [2.45, 2.75) is 6.42 Å². The molecule has 0 aliphatic carbocycles. The Morgan fingerprint density at radius 2 is 1.50 bits per heavy atom. The van der Waals surface area contributed by atoms with Gasteiger partial charge < -0.3 is 19.0 Å². The van der Waals surface area contributed by atoms with Gasteiger partial charge in [0.2, 0.25) is 0 Å². The van der Waals surface area contributed by atoms with Gasteiger partial charge in [-0.3, -0.25) is 0 Å². The summed E-state index contributed by atoms with van der Waals surface area (Å²) in [6.07, 6.45) is 5.08. The van der Waals surface area contributed by atoms with Crippen molar-refractivity contribution in [1.29, 1.82) is 0 Å². The van der Waals surface area contributed by atoms with Gasteiger partial charge in [-0.15, -0.1) is 0 Å². The Kier molecular flexibility index (Phi) is 14.0. The third kappa shape index (κ3) is 12.1. The van der Waals surface area contributed by atoms with Gasteiger partial charge in [0.15, 0.2) is 5.75 Å². The van der Waals surface area contributed by atoms with Crippen LogP contribution in [0, 0.1) is 0 Å².